The summed E-state index contributed by atoms with van der Waals surface area (Å²) in [5, 5.41) is 6.32. The van der Waals surface area contributed by atoms with Crippen LogP contribution in [0.5, 0.6) is 5.75 Å². The minimum Gasteiger partial charge on any atom is -0.484 e. The van der Waals surface area contributed by atoms with Gasteiger partial charge in [-0.1, -0.05) is 58.4 Å². The Morgan fingerprint density at radius 2 is 1.84 bits per heavy atom. The minimum atomic E-state index is -0.303. The summed E-state index contributed by atoms with van der Waals surface area (Å²) in [7, 11) is 0. The molecule has 1 amide bonds. The molecular formula is C20H17BrN2O2. The van der Waals surface area contributed by atoms with Crippen LogP contribution < -0.4 is 10.2 Å². The largest absolute Gasteiger partial charge is 0.484 e. The minimum absolute atomic E-state index is 0.0897. The second kappa shape index (κ2) is 7.94. The van der Waals surface area contributed by atoms with E-state index in [4.69, 9.17) is 4.74 Å². The van der Waals surface area contributed by atoms with E-state index in [1.165, 1.54) is 0 Å². The summed E-state index contributed by atoms with van der Waals surface area (Å²) >= 11 is 3.42. The van der Waals surface area contributed by atoms with Crippen LogP contribution in [0, 0.1) is 0 Å². The summed E-state index contributed by atoms with van der Waals surface area (Å²) in [6.07, 6.45) is 0. The van der Waals surface area contributed by atoms with Gasteiger partial charge in [0.2, 0.25) is 0 Å². The maximum absolute atomic E-state index is 11.9. The average molecular weight is 397 g/mol. The highest BCUT2D eigenvalue weighted by molar-refractivity contribution is 9.10. The number of hydrazone groups is 1. The molecule has 1 N–H and O–H groups in total. The molecular weight excluding hydrogens is 380 g/mol. The second-order valence-corrected chi connectivity index (χ2v) is 6.46. The molecule has 0 spiro atoms. The molecule has 0 saturated heterocycles. The first kappa shape index (κ1) is 17.2. The Hall–Kier alpha value is -2.66. The highest BCUT2D eigenvalue weighted by Crippen LogP contribution is 2.20. The van der Waals surface area contributed by atoms with Crippen LogP contribution in [0.2, 0.25) is 0 Å². The van der Waals surface area contributed by atoms with Gasteiger partial charge in [-0.25, -0.2) is 5.43 Å². The molecule has 4 nitrogen and oxygen atoms in total. The van der Waals surface area contributed by atoms with Crippen molar-refractivity contribution >= 4 is 38.3 Å². The predicted molar refractivity (Wildman–Crippen MR) is 104 cm³/mol. The average Bonchev–Trinajstić information content (AvgIpc) is 2.64. The molecule has 0 aliphatic heterocycles. The van der Waals surface area contributed by atoms with Gasteiger partial charge in [0.05, 0.1) is 5.71 Å². The van der Waals surface area contributed by atoms with Crippen LogP contribution in [-0.4, -0.2) is 18.2 Å². The Balaban J connectivity index is 1.57. The van der Waals surface area contributed by atoms with Crippen molar-refractivity contribution in [3.8, 4) is 5.75 Å². The second-order valence-electron chi connectivity index (χ2n) is 5.54. The monoisotopic (exact) mass is 396 g/mol. The zero-order valence-corrected chi connectivity index (χ0v) is 15.3. The van der Waals surface area contributed by atoms with Gasteiger partial charge >= 0.3 is 0 Å². The number of benzene rings is 3. The molecule has 0 heterocycles. The van der Waals surface area contributed by atoms with Crippen molar-refractivity contribution in [3.63, 3.8) is 0 Å². The lowest BCUT2D eigenvalue weighted by atomic mass is 10.1. The first-order valence-corrected chi connectivity index (χ1v) is 8.62. The molecule has 25 heavy (non-hydrogen) atoms. The molecule has 0 unspecified atom stereocenters. The van der Waals surface area contributed by atoms with Crippen molar-refractivity contribution < 1.29 is 9.53 Å². The number of ether oxygens (including phenoxy) is 1. The zero-order chi connectivity index (χ0) is 17.6. The molecule has 0 fully saturated rings. The van der Waals surface area contributed by atoms with Crippen LogP contribution in [-0.2, 0) is 4.79 Å². The molecule has 126 valence electrons. The summed E-state index contributed by atoms with van der Waals surface area (Å²) in [6, 6.07) is 21.5. The molecule has 0 aliphatic rings. The van der Waals surface area contributed by atoms with E-state index in [0.717, 1.165) is 26.5 Å². The molecule has 3 aromatic rings. The van der Waals surface area contributed by atoms with Crippen molar-refractivity contribution in [2.75, 3.05) is 6.61 Å². The number of nitrogens with zero attached hydrogens (tertiary/aromatic N) is 1. The van der Waals surface area contributed by atoms with Gasteiger partial charge in [0.1, 0.15) is 5.75 Å². The van der Waals surface area contributed by atoms with Crippen molar-refractivity contribution in [2.45, 2.75) is 6.92 Å². The molecule has 3 aromatic carbocycles. The van der Waals surface area contributed by atoms with Gasteiger partial charge in [0.25, 0.3) is 5.91 Å². The van der Waals surface area contributed by atoms with Gasteiger partial charge in [-0.2, -0.15) is 5.10 Å². The SMILES string of the molecule is C/C(=N\NC(=O)COc1ccc2ccccc2c1)c1cccc(Br)c1. The van der Waals surface area contributed by atoms with Crippen LogP contribution in [0.3, 0.4) is 0 Å². The number of hydrogen-bond donors (Lipinski definition) is 1. The van der Waals surface area contributed by atoms with Gasteiger partial charge in [-0.3, -0.25) is 4.79 Å². The normalized spacial score (nSPS) is 11.4. The van der Waals surface area contributed by atoms with Crippen molar-refractivity contribution in [3.05, 3.63) is 76.8 Å². The van der Waals surface area contributed by atoms with E-state index in [-0.39, 0.29) is 12.5 Å². The van der Waals surface area contributed by atoms with Crippen molar-refractivity contribution in [1.82, 2.24) is 5.43 Å². The number of carbonyl (C=O) groups excluding carboxylic acids is 1. The molecule has 0 aliphatic carbocycles. The summed E-state index contributed by atoms with van der Waals surface area (Å²) in [5.74, 6) is 0.351. The van der Waals surface area contributed by atoms with Crippen LogP contribution >= 0.6 is 15.9 Å². The lowest BCUT2D eigenvalue weighted by Gasteiger charge is -2.07. The molecule has 0 atom stereocenters. The number of halogens is 1. The fraction of sp³-hybridized carbons (Fsp3) is 0.100. The van der Waals surface area contributed by atoms with E-state index >= 15 is 0 Å². The molecule has 0 radical (unpaired) electrons. The topological polar surface area (TPSA) is 50.7 Å². The molecule has 3 rings (SSSR count). The first-order valence-electron chi connectivity index (χ1n) is 7.82. The summed E-state index contributed by atoms with van der Waals surface area (Å²) in [5.41, 5.74) is 4.17. The zero-order valence-electron chi connectivity index (χ0n) is 13.7. The number of rotatable bonds is 5. The quantitative estimate of drug-likeness (QED) is 0.508. The third-order valence-corrected chi connectivity index (χ3v) is 4.17. The fourth-order valence-electron chi connectivity index (χ4n) is 2.36. The Bertz CT molecular complexity index is 938. The van der Waals surface area contributed by atoms with E-state index in [0.29, 0.717) is 5.75 Å². The van der Waals surface area contributed by atoms with Gasteiger partial charge in [0, 0.05) is 4.47 Å². The van der Waals surface area contributed by atoms with Gasteiger partial charge in [-0.05, 0) is 47.5 Å². The Morgan fingerprint density at radius 3 is 2.64 bits per heavy atom. The third-order valence-electron chi connectivity index (χ3n) is 3.68. The van der Waals surface area contributed by atoms with E-state index < -0.39 is 0 Å². The molecule has 0 saturated carbocycles. The van der Waals surface area contributed by atoms with E-state index in [9.17, 15) is 4.79 Å². The number of hydrogen-bond acceptors (Lipinski definition) is 3. The van der Waals surface area contributed by atoms with Crippen LogP contribution in [0.1, 0.15) is 12.5 Å². The fourth-order valence-corrected chi connectivity index (χ4v) is 2.76. The van der Waals surface area contributed by atoms with Crippen molar-refractivity contribution in [2.24, 2.45) is 5.10 Å². The number of carbonyl (C=O) groups is 1. The van der Waals surface area contributed by atoms with Gasteiger partial charge in [0.15, 0.2) is 6.61 Å². The highest BCUT2D eigenvalue weighted by Gasteiger charge is 2.04. The van der Waals surface area contributed by atoms with Crippen molar-refractivity contribution in [1.29, 1.82) is 0 Å². The highest BCUT2D eigenvalue weighted by atomic mass is 79.9. The first-order chi connectivity index (χ1) is 12.1. The maximum Gasteiger partial charge on any atom is 0.277 e. The number of fused-ring (bicyclic) bond motifs is 1. The van der Waals surface area contributed by atoms with E-state index in [1.54, 1.807) is 0 Å². The summed E-state index contributed by atoms with van der Waals surface area (Å²) in [4.78, 5) is 11.9. The number of nitrogens with one attached hydrogen (secondary N) is 1. The molecule has 5 heteroatoms. The standard InChI is InChI=1S/C20H17BrN2O2/c1-14(16-7-4-8-18(21)11-16)22-23-20(24)13-25-19-10-9-15-5-2-3-6-17(15)12-19/h2-12H,13H2,1H3,(H,23,24)/b22-14+. The van der Waals surface area contributed by atoms with Gasteiger partial charge in [-0.15, -0.1) is 0 Å². The van der Waals surface area contributed by atoms with Crippen LogP contribution in [0.25, 0.3) is 10.8 Å². The lowest BCUT2D eigenvalue weighted by Crippen LogP contribution is -2.25. The smallest absolute Gasteiger partial charge is 0.277 e. The lowest BCUT2D eigenvalue weighted by molar-refractivity contribution is -0.123. The maximum atomic E-state index is 11.9. The van der Waals surface area contributed by atoms with E-state index in [2.05, 4.69) is 26.5 Å². The van der Waals surface area contributed by atoms with Crippen LogP contribution in [0.15, 0.2) is 76.3 Å². The Labute approximate surface area is 154 Å². The van der Waals surface area contributed by atoms with Crippen LogP contribution in [0.4, 0.5) is 0 Å². The number of amides is 1. The third kappa shape index (κ3) is 4.67. The summed E-state index contributed by atoms with van der Waals surface area (Å²) < 4.78 is 6.51. The van der Waals surface area contributed by atoms with Gasteiger partial charge < -0.3 is 4.74 Å². The summed E-state index contributed by atoms with van der Waals surface area (Å²) in [6.45, 7) is 1.75. The molecule has 0 bridgehead atoms. The Kier molecular flexibility index (Phi) is 5.46. The molecule has 0 aromatic heterocycles. The predicted octanol–water partition coefficient (Wildman–Crippen LogP) is 4.52. The van der Waals surface area contributed by atoms with E-state index in [1.807, 2.05) is 73.7 Å². The Morgan fingerprint density at radius 1 is 1.04 bits per heavy atom.